The molecule has 2 aromatic rings. The molecule has 1 aromatic carbocycles. The van der Waals surface area contributed by atoms with Gasteiger partial charge < -0.3 is 10.6 Å². The van der Waals surface area contributed by atoms with E-state index in [4.69, 9.17) is 5.73 Å². The van der Waals surface area contributed by atoms with Crippen molar-refractivity contribution >= 4 is 11.8 Å². The Kier molecular flexibility index (Phi) is 5.32. The van der Waals surface area contributed by atoms with Crippen LogP contribution in [0.5, 0.6) is 0 Å². The number of carbonyl (C=O) groups is 2. The summed E-state index contributed by atoms with van der Waals surface area (Å²) in [5.41, 5.74) is 6.73. The summed E-state index contributed by atoms with van der Waals surface area (Å²) in [7, 11) is 0. The Morgan fingerprint density at radius 3 is 2.54 bits per heavy atom. The van der Waals surface area contributed by atoms with Crippen LogP contribution in [-0.2, 0) is 22.7 Å². The minimum atomic E-state index is -0.494. The van der Waals surface area contributed by atoms with Gasteiger partial charge in [0.15, 0.2) is 0 Å². The van der Waals surface area contributed by atoms with Gasteiger partial charge in [-0.1, -0.05) is 30.3 Å². The van der Waals surface area contributed by atoms with Crippen LogP contribution in [0.3, 0.4) is 0 Å². The van der Waals surface area contributed by atoms with E-state index in [0.717, 1.165) is 5.56 Å². The molecule has 2 heterocycles. The molecule has 138 valence electrons. The van der Waals surface area contributed by atoms with Crippen LogP contribution in [-0.4, -0.2) is 62.1 Å². The molecule has 1 aliphatic heterocycles. The summed E-state index contributed by atoms with van der Waals surface area (Å²) in [6, 6.07) is 9.44. The monoisotopic (exact) mass is 356 g/mol. The molecule has 0 spiro atoms. The molecule has 0 bridgehead atoms. The summed E-state index contributed by atoms with van der Waals surface area (Å²) in [6.07, 6.45) is 0. The van der Waals surface area contributed by atoms with Crippen LogP contribution in [0.2, 0.25) is 0 Å². The van der Waals surface area contributed by atoms with Gasteiger partial charge in [0.05, 0.1) is 0 Å². The molecule has 1 atom stereocenters. The van der Waals surface area contributed by atoms with Gasteiger partial charge in [-0.2, -0.15) is 5.10 Å². The standard InChI is InChI=1S/C18H24N6O2/c1-13-20-14(2)24(21-13)12-17(25)23-9-8-22(16(11-23)18(19)26)10-15-6-4-3-5-7-15/h3-7,16H,8-12H2,1-2H3,(H2,19,26)/t16-/m1/s1. The molecular formula is C18H24N6O2. The number of aryl methyl sites for hydroxylation is 2. The summed E-state index contributed by atoms with van der Waals surface area (Å²) >= 11 is 0. The molecule has 0 saturated carbocycles. The smallest absolute Gasteiger partial charge is 0.244 e. The maximum atomic E-state index is 12.6. The van der Waals surface area contributed by atoms with E-state index in [-0.39, 0.29) is 12.5 Å². The topological polar surface area (TPSA) is 97.4 Å². The van der Waals surface area contributed by atoms with Crippen LogP contribution in [0.4, 0.5) is 0 Å². The van der Waals surface area contributed by atoms with Crippen LogP contribution >= 0.6 is 0 Å². The van der Waals surface area contributed by atoms with Gasteiger partial charge in [-0.15, -0.1) is 0 Å². The van der Waals surface area contributed by atoms with E-state index in [2.05, 4.69) is 10.1 Å². The largest absolute Gasteiger partial charge is 0.368 e. The normalized spacial score (nSPS) is 18.1. The molecule has 1 fully saturated rings. The fourth-order valence-electron chi connectivity index (χ4n) is 3.26. The molecular weight excluding hydrogens is 332 g/mol. The highest BCUT2D eigenvalue weighted by atomic mass is 16.2. The molecule has 3 rings (SSSR count). The highest BCUT2D eigenvalue weighted by molar-refractivity contribution is 5.82. The summed E-state index contributed by atoms with van der Waals surface area (Å²) in [5, 5.41) is 4.23. The predicted octanol–water partition coefficient (Wildman–Crippen LogP) is 0.0932. The third kappa shape index (κ3) is 4.08. The molecule has 8 nitrogen and oxygen atoms in total. The van der Waals surface area contributed by atoms with Crippen molar-refractivity contribution in [2.24, 2.45) is 5.73 Å². The number of piperazine rings is 1. The van der Waals surface area contributed by atoms with Gasteiger partial charge in [0.25, 0.3) is 0 Å². The number of nitrogens with zero attached hydrogens (tertiary/aromatic N) is 5. The van der Waals surface area contributed by atoms with Crippen LogP contribution < -0.4 is 5.73 Å². The lowest BCUT2D eigenvalue weighted by molar-refractivity contribution is -0.138. The minimum Gasteiger partial charge on any atom is -0.368 e. The third-order valence-electron chi connectivity index (χ3n) is 4.65. The fraction of sp³-hybridized carbons (Fsp3) is 0.444. The lowest BCUT2D eigenvalue weighted by Crippen LogP contribution is -2.59. The number of hydrogen-bond donors (Lipinski definition) is 1. The van der Waals surface area contributed by atoms with Gasteiger partial charge in [-0.3, -0.25) is 14.5 Å². The lowest BCUT2D eigenvalue weighted by Gasteiger charge is -2.40. The Morgan fingerprint density at radius 1 is 1.19 bits per heavy atom. The van der Waals surface area contributed by atoms with Crippen molar-refractivity contribution in [1.82, 2.24) is 24.6 Å². The Balaban J connectivity index is 1.66. The summed E-state index contributed by atoms with van der Waals surface area (Å²) < 4.78 is 1.59. The second-order valence-corrected chi connectivity index (χ2v) is 6.58. The van der Waals surface area contributed by atoms with Crippen LogP contribution in [0.25, 0.3) is 0 Å². The minimum absolute atomic E-state index is 0.0800. The van der Waals surface area contributed by atoms with E-state index in [1.165, 1.54) is 0 Å². The lowest BCUT2D eigenvalue weighted by atomic mass is 10.1. The Labute approximate surface area is 152 Å². The SMILES string of the molecule is Cc1nc(C)n(CC(=O)N2CCN(Cc3ccccc3)[C@@H](C(N)=O)C2)n1. The second kappa shape index (κ2) is 7.65. The van der Waals surface area contributed by atoms with E-state index in [1.54, 1.807) is 16.5 Å². The van der Waals surface area contributed by atoms with Gasteiger partial charge in [-0.05, 0) is 19.4 Å². The van der Waals surface area contributed by atoms with Crippen LogP contribution in [0, 0.1) is 13.8 Å². The number of carbonyl (C=O) groups excluding carboxylic acids is 2. The Morgan fingerprint density at radius 2 is 1.92 bits per heavy atom. The molecule has 0 unspecified atom stereocenters. The number of nitrogens with two attached hydrogens (primary N) is 1. The first kappa shape index (κ1) is 18.1. The van der Waals surface area contributed by atoms with Gasteiger partial charge in [0, 0.05) is 26.2 Å². The van der Waals surface area contributed by atoms with Crippen molar-refractivity contribution in [3.63, 3.8) is 0 Å². The molecule has 1 aromatic heterocycles. The van der Waals surface area contributed by atoms with Gasteiger partial charge >= 0.3 is 0 Å². The molecule has 1 aliphatic rings. The number of rotatable bonds is 5. The first-order chi connectivity index (χ1) is 12.4. The van der Waals surface area contributed by atoms with E-state index in [9.17, 15) is 9.59 Å². The Hall–Kier alpha value is -2.74. The van der Waals surface area contributed by atoms with Crippen LogP contribution in [0.15, 0.2) is 30.3 Å². The third-order valence-corrected chi connectivity index (χ3v) is 4.65. The number of amides is 2. The zero-order valence-electron chi connectivity index (χ0n) is 15.1. The summed E-state index contributed by atoms with van der Waals surface area (Å²) in [6.45, 7) is 5.82. The van der Waals surface area contributed by atoms with E-state index in [0.29, 0.717) is 37.8 Å². The van der Waals surface area contributed by atoms with Crippen molar-refractivity contribution in [2.75, 3.05) is 19.6 Å². The summed E-state index contributed by atoms with van der Waals surface area (Å²) in [5.74, 6) is 0.845. The molecule has 1 saturated heterocycles. The van der Waals surface area contributed by atoms with Gasteiger partial charge in [0.2, 0.25) is 11.8 Å². The van der Waals surface area contributed by atoms with Crippen molar-refractivity contribution in [3.8, 4) is 0 Å². The maximum absolute atomic E-state index is 12.6. The fourth-order valence-corrected chi connectivity index (χ4v) is 3.26. The van der Waals surface area contributed by atoms with E-state index >= 15 is 0 Å². The molecule has 2 N–H and O–H groups in total. The Bertz CT molecular complexity index is 788. The average molecular weight is 356 g/mol. The highest BCUT2D eigenvalue weighted by Crippen LogP contribution is 2.15. The zero-order valence-corrected chi connectivity index (χ0v) is 15.1. The van der Waals surface area contributed by atoms with Gasteiger partial charge in [0.1, 0.15) is 24.2 Å². The molecule has 8 heteroatoms. The molecule has 2 amide bonds. The second-order valence-electron chi connectivity index (χ2n) is 6.58. The summed E-state index contributed by atoms with van der Waals surface area (Å²) in [4.78, 5) is 32.5. The molecule has 26 heavy (non-hydrogen) atoms. The van der Waals surface area contributed by atoms with Gasteiger partial charge in [-0.25, -0.2) is 9.67 Å². The zero-order chi connectivity index (χ0) is 18.7. The first-order valence-electron chi connectivity index (χ1n) is 8.67. The highest BCUT2D eigenvalue weighted by Gasteiger charge is 2.33. The number of benzene rings is 1. The number of hydrogen-bond acceptors (Lipinski definition) is 5. The van der Waals surface area contributed by atoms with Crippen molar-refractivity contribution in [2.45, 2.75) is 33.0 Å². The van der Waals surface area contributed by atoms with Crippen LogP contribution in [0.1, 0.15) is 17.2 Å². The van der Waals surface area contributed by atoms with E-state index < -0.39 is 11.9 Å². The van der Waals surface area contributed by atoms with Crippen molar-refractivity contribution < 1.29 is 9.59 Å². The quantitative estimate of drug-likeness (QED) is 0.819. The van der Waals surface area contributed by atoms with Crippen molar-refractivity contribution in [3.05, 3.63) is 47.5 Å². The molecule has 0 radical (unpaired) electrons. The number of aromatic nitrogens is 3. The van der Waals surface area contributed by atoms with Crippen molar-refractivity contribution in [1.29, 1.82) is 0 Å². The average Bonchev–Trinajstić information content (AvgIpc) is 2.93. The number of primary amides is 1. The first-order valence-corrected chi connectivity index (χ1v) is 8.67. The van der Waals surface area contributed by atoms with E-state index in [1.807, 2.05) is 42.2 Å². The predicted molar refractivity (Wildman–Crippen MR) is 95.9 cm³/mol. The maximum Gasteiger partial charge on any atom is 0.244 e. The molecule has 0 aliphatic carbocycles.